The molecule has 0 heterocycles. The topological polar surface area (TPSA) is 58.6 Å². The highest BCUT2D eigenvalue weighted by molar-refractivity contribution is 5.76. The van der Waals surface area contributed by atoms with Crippen molar-refractivity contribution >= 4 is 11.9 Å². The van der Waals surface area contributed by atoms with E-state index in [1.54, 1.807) is 0 Å². The van der Waals surface area contributed by atoms with Crippen LogP contribution in [0.1, 0.15) is 130 Å². The number of ether oxygens (including phenoxy) is 1. The Balaban J connectivity index is 3.65. The van der Waals surface area contributed by atoms with Crippen LogP contribution in [0.5, 0.6) is 0 Å². The van der Waals surface area contributed by atoms with Crippen molar-refractivity contribution in [1.82, 2.24) is 10.2 Å². The van der Waals surface area contributed by atoms with Gasteiger partial charge in [0.25, 0.3) is 0 Å². The van der Waals surface area contributed by atoms with Gasteiger partial charge in [-0.1, -0.05) is 91.2 Å². The van der Waals surface area contributed by atoms with Crippen LogP contribution in [0.3, 0.4) is 0 Å². The van der Waals surface area contributed by atoms with Gasteiger partial charge in [-0.25, -0.2) is 0 Å². The summed E-state index contributed by atoms with van der Waals surface area (Å²) in [6.07, 6.45) is 22.8. The summed E-state index contributed by atoms with van der Waals surface area (Å²) in [5, 5.41) is 3.02. The average Bonchev–Trinajstić information content (AvgIpc) is 2.84. The van der Waals surface area contributed by atoms with Gasteiger partial charge < -0.3 is 15.0 Å². The number of nitrogens with zero attached hydrogens (tertiary/aromatic N) is 1. The van der Waals surface area contributed by atoms with Crippen molar-refractivity contribution in [2.45, 2.75) is 136 Å². The van der Waals surface area contributed by atoms with Crippen LogP contribution in [0.15, 0.2) is 12.2 Å². The number of carbonyl (C=O) groups excluding carboxylic acids is 2. The zero-order valence-corrected chi connectivity index (χ0v) is 23.0. The van der Waals surface area contributed by atoms with E-state index in [9.17, 15) is 9.59 Å². The lowest BCUT2D eigenvalue weighted by Gasteiger charge is -2.19. The first-order valence-corrected chi connectivity index (χ1v) is 14.4. The number of hydrogen-bond donors (Lipinski definition) is 1. The van der Waals surface area contributed by atoms with Crippen LogP contribution in [0.4, 0.5) is 0 Å². The number of hydrogen-bond acceptors (Lipinski definition) is 4. The molecule has 1 unspecified atom stereocenters. The maximum Gasteiger partial charge on any atom is 0.307 e. The van der Waals surface area contributed by atoms with Crippen LogP contribution in [-0.2, 0) is 14.3 Å². The Morgan fingerprint density at radius 1 is 0.765 bits per heavy atom. The lowest BCUT2D eigenvalue weighted by molar-refractivity contribution is -0.145. The maximum atomic E-state index is 12.2. The zero-order chi connectivity index (χ0) is 25.3. The molecule has 0 aliphatic carbocycles. The molecule has 1 N–H and O–H groups in total. The van der Waals surface area contributed by atoms with E-state index >= 15 is 0 Å². The van der Waals surface area contributed by atoms with Gasteiger partial charge in [-0.15, -0.1) is 0 Å². The molecule has 5 nitrogen and oxygen atoms in total. The third-order valence-electron chi connectivity index (χ3n) is 6.50. The summed E-state index contributed by atoms with van der Waals surface area (Å²) in [5.41, 5.74) is 0. The molecule has 0 radical (unpaired) electrons. The molecule has 1 amide bonds. The summed E-state index contributed by atoms with van der Waals surface area (Å²) in [4.78, 5) is 26.4. The minimum atomic E-state index is -0.183. The molecule has 0 aromatic heterocycles. The number of esters is 1. The van der Waals surface area contributed by atoms with E-state index in [1.165, 1.54) is 70.6 Å². The fourth-order valence-electron chi connectivity index (χ4n) is 3.97. The van der Waals surface area contributed by atoms with Crippen molar-refractivity contribution in [1.29, 1.82) is 0 Å². The molecule has 0 rings (SSSR count). The number of nitrogens with one attached hydrogen (secondary N) is 1. The average molecular weight is 481 g/mol. The third kappa shape index (κ3) is 21.2. The highest BCUT2D eigenvalue weighted by Gasteiger charge is 2.13. The molecule has 0 aromatic rings. The first-order chi connectivity index (χ1) is 16.6. The standard InChI is InChI=1S/C29H56N2O3/c1-5-9-10-11-12-13-14-15-16-17-18-19-20-21-22-23-28(32)30-27(6-2)26-34-29(33)24-25-31(7-3)8-4/h15-16,27H,5-14,17-26H2,1-4H3,(H,30,32)/b16-15-. The Labute approximate surface area is 211 Å². The van der Waals surface area contributed by atoms with E-state index < -0.39 is 0 Å². The highest BCUT2D eigenvalue weighted by Crippen LogP contribution is 2.10. The molecule has 200 valence electrons. The zero-order valence-electron chi connectivity index (χ0n) is 23.0. The smallest absolute Gasteiger partial charge is 0.307 e. The quantitative estimate of drug-likeness (QED) is 0.0902. The van der Waals surface area contributed by atoms with Crippen LogP contribution < -0.4 is 5.32 Å². The van der Waals surface area contributed by atoms with Gasteiger partial charge in [0.2, 0.25) is 5.91 Å². The highest BCUT2D eigenvalue weighted by atomic mass is 16.5. The molecule has 0 aromatic carbocycles. The van der Waals surface area contributed by atoms with Crippen LogP contribution in [0.25, 0.3) is 0 Å². The Hall–Kier alpha value is -1.36. The molecule has 0 aliphatic rings. The molecule has 0 bridgehead atoms. The second kappa shape index (κ2) is 24.8. The van der Waals surface area contributed by atoms with Crippen molar-refractivity contribution in [3.63, 3.8) is 0 Å². The molecular formula is C29H56N2O3. The number of unbranched alkanes of at least 4 members (excludes halogenated alkanes) is 11. The van der Waals surface area contributed by atoms with Crippen molar-refractivity contribution in [3.8, 4) is 0 Å². The normalized spacial score (nSPS) is 12.4. The van der Waals surface area contributed by atoms with E-state index in [0.29, 0.717) is 12.8 Å². The molecular weight excluding hydrogens is 424 g/mol. The summed E-state index contributed by atoms with van der Waals surface area (Å²) >= 11 is 0. The van der Waals surface area contributed by atoms with Gasteiger partial charge in [0, 0.05) is 13.0 Å². The van der Waals surface area contributed by atoms with Crippen molar-refractivity contribution in [2.75, 3.05) is 26.2 Å². The minimum Gasteiger partial charge on any atom is -0.463 e. The molecule has 0 spiro atoms. The van der Waals surface area contributed by atoms with E-state index in [4.69, 9.17) is 4.74 Å². The van der Waals surface area contributed by atoms with Crippen LogP contribution in [0, 0.1) is 0 Å². The summed E-state index contributed by atoms with van der Waals surface area (Å²) in [6.45, 7) is 11.3. The number of rotatable bonds is 24. The van der Waals surface area contributed by atoms with E-state index in [2.05, 4.69) is 43.1 Å². The van der Waals surface area contributed by atoms with Gasteiger partial charge in [-0.3, -0.25) is 9.59 Å². The van der Waals surface area contributed by atoms with Crippen LogP contribution in [-0.4, -0.2) is 49.1 Å². The Morgan fingerprint density at radius 3 is 1.88 bits per heavy atom. The predicted molar refractivity (Wildman–Crippen MR) is 145 cm³/mol. The van der Waals surface area contributed by atoms with Gasteiger partial charge in [0.05, 0.1) is 12.5 Å². The second-order valence-electron chi connectivity index (χ2n) is 9.47. The minimum absolute atomic E-state index is 0.0728. The first-order valence-electron chi connectivity index (χ1n) is 14.4. The summed E-state index contributed by atoms with van der Waals surface area (Å²) < 4.78 is 5.38. The van der Waals surface area contributed by atoms with Crippen molar-refractivity contribution in [2.24, 2.45) is 0 Å². The monoisotopic (exact) mass is 480 g/mol. The SMILES string of the molecule is CCCCCCCC/C=C\CCCCCCCC(=O)NC(CC)COC(=O)CCN(CC)CC. The van der Waals surface area contributed by atoms with Crippen LogP contribution in [0.2, 0.25) is 0 Å². The van der Waals surface area contributed by atoms with E-state index in [-0.39, 0.29) is 24.5 Å². The largest absolute Gasteiger partial charge is 0.463 e. The third-order valence-corrected chi connectivity index (χ3v) is 6.50. The van der Waals surface area contributed by atoms with Gasteiger partial charge in [0.1, 0.15) is 6.61 Å². The van der Waals surface area contributed by atoms with E-state index in [1.807, 2.05) is 6.92 Å². The summed E-state index contributed by atoms with van der Waals surface area (Å²) in [6, 6.07) is -0.0898. The fraction of sp³-hybridized carbons (Fsp3) is 0.862. The molecule has 0 saturated carbocycles. The van der Waals surface area contributed by atoms with Gasteiger partial charge in [0.15, 0.2) is 0 Å². The maximum absolute atomic E-state index is 12.2. The van der Waals surface area contributed by atoms with Gasteiger partial charge in [-0.2, -0.15) is 0 Å². The molecule has 0 saturated heterocycles. The number of allylic oxidation sites excluding steroid dienone is 2. The Kier molecular flexibility index (Phi) is 23.8. The molecule has 0 fully saturated rings. The molecule has 1 atom stereocenters. The molecule has 0 aliphatic heterocycles. The van der Waals surface area contributed by atoms with Gasteiger partial charge in [-0.05, 0) is 51.6 Å². The van der Waals surface area contributed by atoms with Gasteiger partial charge >= 0.3 is 5.97 Å². The van der Waals surface area contributed by atoms with Crippen LogP contribution >= 0.6 is 0 Å². The summed E-state index contributed by atoms with van der Waals surface area (Å²) in [7, 11) is 0. The van der Waals surface area contributed by atoms with E-state index in [0.717, 1.165) is 38.9 Å². The summed E-state index contributed by atoms with van der Waals surface area (Å²) in [5.74, 6) is -0.111. The lowest BCUT2D eigenvalue weighted by atomic mass is 10.1. The Morgan fingerprint density at radius 2 is 1.32 bits per heavy atom. The molecule has 34 heavy (non-hydrogen) atoms. The Bertz CT molecular complexity index is 504. The molecule has 5 heteroatoms. The lowest BCUT2D eigenvalue weighted by Crippen LogP contribution is -2.38. The second-order valence-corrected chi connectivity index (χ2v) is 9.47. The fourth-order valence-corrected chi connectivity index (χ4v) is 3.97. The number of carbonyl (C=O) groups is 2. The number of amides is 1. The first kappa shape index (κ1) is 32.6. The van der Waals surface area contributed by atoms with Crippen molar-refractivity contribution < 1.29 is 14.3 Å². The predicted octanol–water partition coefficient (Wildman–Crippen LogP) is 7.19. The van der Waals surface area contributed by atoms with Crippen molar-refractivity contribution in [3.05, 3.63) is 12.2 Å².